The van der Waals surface area contributed by atoms with Gasteiger partial charge in [-0.3, -0.25) is 0 Å². The summed E-state index contributed by atoms with van der Waals surface area (Å²) < 4.78 is 5.70. The maximum absolute atomic E-state index is 8.94. The number of aliphatic hydroxyl groups excluding tert-OH is 1. The Labute approximate surface area is 113 Å². The highest BCUT2D eigenvalue weighted by Gasteiger charge is 2.07. The van der Waals surface area contributed by atoms with E-state index in [-0.39, 0.29) is 6.61 Å². The lowest BCUT2D eigenvalue weighted by Gasteiger charge is -2.11. The number of rotatable bonds is 4. The lowest BCUT2D eigenvalue weighted by atomic mass is 10.0. The van der Waals surface area contributed by atoms with Gasteiger partial charge in [0.05, 0.1) is 6.61 Å². The standard InChI is InChI=1S/C15H18N2O2/c1-10(2)13-5-4-11(3)14(6-13)19-15-16-7-12(9-18)8-17-15/h4-8,10,18H,9H2,1-3H3. The smallest absolute Gasteiger partial charge is 0.321 e. The summed E-state index contributed by atoms with van der Waals surface area (Å²) >= 11 is 0. The van der Waals surface area contributed by atoms with Crippen LogP contribution in [0.25, 0.3) is 0 Å². The second kappa shape index (κ2) is 5.80. The molecule has 0 spiro atoms. The van der Waals surface area contributed by atoms with Crippen LogP contribution in [0.4, 0.5) is 0 Å². The molecule has 4 nitrogen and oxygen atoms in total. The van der Waals surface area contributed by atoms with E-state index in [9.17, 15) is 0 Å². The molecule has 1 aromatic heterocycles. The SMILES string of the molecule is Cc1ccc(C(C)C)cc1Oc1ncc(CO)cn1. The maximum Gasteiger partial charge on any atom is 0.321 e. The Balaban J connectivity index is 2.23. The van der Waals surface area contributed by atoms with Gasteiger partial charge in [-0.2, -0.15) is 0 Å². The number of aryl methyl sites for hydroxylation is 1. The molecule has 0 bridgehead atoms. The summed E-state index contributed by atoms with van der Waals surface area (Å²) in [4.78, 5) is 8.13. The summed E-state index contributed by atoms with van der Waals surface area (Å²) in [7, 11) is 0. The first kappa shape index (κ1) is 13.5. The van der Waals surface area contributed by atoms with Gasteiger partial charge in [-0.1, -0.05) is 26.0 Å². The summed E-state index contributed by atoms with van der Waals surface area (Å²) in [6.45, 7) is 6.20. The van der Waals surface area contributed by atoms with Crippen LogP contribution in [0.5, 0.6) is 11.8 Å². The van der Waals surface area contributed by atoms with Crippen molar-refractivity contribution in [1.82, 2.24) is 9.97 Å². The molecule has 0 amide bonds. The number of nitrogens with zero attached hydrogens (tertiary/aromatic N) is 2. The zero-order valence-corrected chi connectivity index (χ0v) is 11.4. The van der Waals surface area contributed by atoms with Crippen molar-refractivity contribution in [2.75, 3.05) is 0 Å². The number of aromatic nitrogens is 2. The Hall–Kier alpha value is -1.94. The van der Waals surface area contributed by atoms with Gasteiger partial charge < -0.3 is 9.84 Å². The number of hydrogen-bond donors (Lipinski definition) is 1. The van der Waals surface area contributed by atoms with Crippen LogP contribution >= 0.6 is 0 Å². The maximum atomic E-state index is 8.94. The highest BCUT2D eigenvalue weighted by Crippen LogP contribution is 2.27. The van der Waals surface area contributed by atoms with Gasteiger partial charge in [-0.25, -0.2) is 9.97 Å². The zero-order valence-electron chi connectivity index (χ0n) is 11.4. The molecule has 0 radical (unpaired) electrons. The molecule has 0 atom stereocenters. The van der Waals surface area contributed by atoms with Crippen molar-refractivity contribution in [3.8, 4) is 11.8 Å². The number of aliphatic hydroxyl groups is 1. The first-order valence-electron chi connectivity index (χ1n) is 6.30. The van der Waals surface area contributed by atoms with E-state index in [4.69, 9.17) is 9.84 Å². The summed E-state index contributed by atoms with van der Waals surface area (Å²) in [5, 5.41) is 8.94. The third-order valence-corrected chi connectivity index (χ3v) is 2.94. The molecule has 0 aliphatic heterocycles. The van der Waals surface area contributed by atoms with Crippen LogP contribution in [-0.2, 0) is 6.61 Å². The predicted octanol–water partition coefficient (Wildman–Crippen LogP) is 3.19. The Morgan fingerprint density at radius 3 is 2.47 bits per heavy atom. The molecule has 0 aliphatic carbocycles. The van der Waals surface area contributed by atoms with Gasteiger partial charge in [0.2, 0.25) is 0 Å². The van der Waals surface area contributed by atoms with Gasteiger partial charge in [0, 0.05) is 18.0 Å². The topological polar surface area (TPSA) is 55.2 Å². The molecule has 2 aromatic rings. The van der Waals surface area contributed by atoms with E-state index in [0.29, 0.717) is 17.5 Å². The quantitative estimate of drug-likeness (QED) is 0.915. The summed E-state index contributed by atoms with van der Waals surface area (Å²) in [5.74, 6) is 1.21. The van der Waals surface area contributed by atoms with Crippen molar-refractivity contribution in [2.24, 2.45) is 0 Å². The molecule has 0 saturated heterocycles. The fourth-order valence-electron chi connectivity index (χ4n) is 1.66. The molecule has 0 saturated carbocycles. The monoisotopic (exact) mass is 258 g/mol. The Morgan fingerprint density at radius 1 is 1.21 bits per heavy atom. The van der Waals surface area contributed by atoms with E-state index in [1.807, 2.05) is 19.1 Å². The minimum atomic E-state index is -0.0673. The molecule has 100 valence electrons. The van der Waals surface area contributed by atoms with E-state index < -0.39 is 0 Å². The third kappa shape index (κ3) is 3.29. The summed E-state index contributed by atoms with van der Waals surface area (Å²) in [5.41, 5.74) is 2.92. The van der Waals surface area contributed by atoms with E-state index >= 15 is 0 Å². The van der Waals surface area contributed by atoms with Gasteiger partial charge >= 0.3 is 6.01 Å². The third-order valence-electron chi connectivity index (χ3n) is 2.94. The van der Waals surface area contributed by atoms with Crippen molar-refractivity contribution < 1.29 is 9.84 Å². The van der Waals surface area contributed by atoms with Crippen molar-refractivity contribution in [2.45, 2.75) is 33.3 Å². The molecule has 0 aliphatic rings. The largest absolute Gasteiger partial charge is 0.424 e. The predicted molar refractivity (Wildman–Crippen MR) is 73.3 cm³/mol. The fraction of sp³-hybridized carbons (Fsp3) is 0.333. The molecule has 1 N–H and O–H groups in total. The van der Waals surface area contributed by atoms with E-state index in [0.717, 1.165) is 11.3 Å². The molecule has 4 heteroatoms. The average Bonchev–Trinajstić information content (AvgIpc) is 2.42. The average molecular weight is 258 g/mol. The van der Waals surface area contributed by atoms with E-state index in [2.05, 4.69) is 29.9 Å². The highest BCUT2D eigenvalue weighted by molar-refractivity contribution is 5.39. The second-order valence-electron chi connectivity index (χ2n) is 4.81. The Bertz CT molecular complexity index is 551. The summed E-state index contributed by atoms with van der Waals surface area (Å²) in [6, 6.07) is 6.44. The first-order chi connectivity index (χ1) is 9.10. The van der Waals surface area contributed by atoms with Gasteiger partial charge in [-0.15, -0.1) is 0 Å². The number of hydrogen-bond acceptors (Lipinski definition) is 4. The molecular formula is C15H18N2O2. The van der Waals surface area contributed by atoms with Crippen LogP contribution in [-0.4, -0.2) is 15.1 Å². The van der Waals surface area contributed by atoms with Crippen LogP contribution < -0.4 is 4.74 Å². The van der Waals surface area contributed by atoms with Gasteiger partial charge in [-0.05, 0) is 30.0 Å². The van der Waals surface area contributed by atoms with Crippen LogP contribution in [0.3, 0.4) is 0 Å². The number of ether oxygens (including phenoxy) is 1. The normalized spacial score (nSPS) is 10.8. The Morgan fingerprint density at radius 2 is 1.89 bits per heavy atom. The number of benzene rings is 1. The van der Waals surface area contributed by atoms with Gasteiger partial charge in [0.1, 0.15) is 5.75 Å². The highest BCUT2D eigenvalue weighted by atomic mass is 16.5. The summed E-state index contributed by atoms with van der Waals surface area (Å²) in [6.07, 6.45) is 3.12. The van der Waals surface area contributed by atoms with Crippen LogP contribution in [0.15, 0.2) is 30.6 Å². The molecule has 19 heavy (non-hydrogen) atoms. The van der Waals surface area contributed by atoms with Gasteiger partial charge in [0.25, 0.3) is 0 Å². The van der Waals surface area contributed by atoms with E-state index in [1.165, 1.54) is 5.56 Å². The Kier molecular flexibility index (Phi) is 4.12. The van der Waals surface area contributed by atoms with Crippen LogP contribution in [0, 0.1) is 6.92 Å². The van der Waals surface area contributed by atoms with Crippen LogP contribution in [0.1, 0.15) is 36.5 Å². The molecule has 1 heterocycles. The lowest BCUT2D eigenvalue weighted by molar-refractivity contribution is 0.280. The van der Waals surface area contributed by atoms with Crippen molar-refractivity contribution >= 4 is 0 Å². The molecule has 1 aromatic carbocycles. The van der Waals surface area contributed by atoms with Gasteiger partial charge in [0.15, 0.2) is 0 Å². The van der Waals surface area contributed by atoms with Crippen molar-refractivity contribution in [3.63, 3.8) is 0 Å². The minimum absolute atomic E-state index is 0.0673. The fourth-order valence-corrected chi connectivity index (χ4v) is 1.66. The second-order valence-corrected chi connectivity index (χ2v) is 4.81. The van der Waals surface area contributed by atoms with E-state index in [1.54, 1.807) is 12.4 Å². The van der Waals surface area contributed by atoms with Crippen LogP contribution in [0.2, 0.25) is 0 Å². The van der Waals surface area contributed by atoms with Crippen molar-refractivity contribution in [1.29, 1.82) is 0 Å². The minimum Gasteiger partial charge on any atom is -0.424 e. The van der Waals surface area contributed by atoms with Crippen molar-refractivity contribution in [3.05, 3.63) is 47.3 Å². The zero-order chi connectivity index (χ0) is 13.8. The lowest BCUT2D eigenvalue weighted by Crippen LogP contribution is -1.96. The molecular weight excluding hydrogens is 240 g/mol. The first-order valence-corrected chi connectivity index (χ1v) is 6.30. The molecule has 0 unspecified atom stereocenters. The molecule has 2 rings (SSSR count). The molecule has 0 fully saturated rings.